The lowest BCUT2D eigenvalue weighted by atomic mass is 9.77. The molecule has 0 saturated carbocycles. The molecule has 7 nitrogen and oxygen atoms in total. The predicted molar refractivity (Wildman–Crippen MR) is 145 cm³/mol. The van der Waals surface area contributed by atoms with E-state index in [1.807, 2.05) is 78.9 Å². The van der Waals surface area contributed by atoms with E-state index >= 15 is 0 Å². The molecule has 2 atom stereocenters. The van der Waals surface area contributed by atoms with E-state index in [1.54, 1.807) is 6.07 Å². The first-order valence-electron chi connectivity index (χ1n) is 12.9. The van der Waals surface area contributed by atoms with Gasteiger partial charge in [0, 0.05) is 6.42 Å². The Hall–Kier alpha value is -3.97. The summed E-state index contributed by atoms with van der Waals surface area (Å²) in [6, 6.07) is 26.2. The molecule has 0 aliphatic carbocycles. The Labute approximate surface area is 223 Å². The van der Waals surface area contributed by atoms with Crippen molar-refractivity contribution in [2.24, 2.45) is 5.73 Å². The topological polar surface area (TPSA) is 111 Å². The van der Waals surface area contributed by atoms with Gasteiger partial charge in [-0.3, -0.25) is 14.9 Å². The van der Waals surface area contributed by atoms with Gasteiger partial charge in [0.2, 0.25) is 5.72 Å². The van der Waals surface area contributed by atoms with Gasteiger partial charge in [0.25, 0.3) is 5.91 Å². The number of carbonyl (C=O) groups excluding carboxylic acids is 3. The molecule has 2 amide bonds. The fourth-order valence-corrected chi connectivity index (χ4v) is 4.67. The molecule has 38 heavy (non-hydrogen) atoms. The van der Waals surface area contributed by atoms with Crippen LogP contribution in [0.4, 0.5) is 4.79 Å². The molecule has 0 bridgehead atoms. The highest BCUT2D eigenvalue weighted by Crippen LogP contribution is 2.55. The van der Waals surface area contributed by atoms with Gasteiger partial charge in [0.15, 0.2) is 5.60 Å². The van der Waals surface area contributed by atoms with Gasteiger partial charge in [-0.2, -0.15) is 0 Å². The number of hydrogen-bond donors (Lipinski definition) is 2. The standard InChI is InChI=1S/C31H33N2O5/c1-3-4-7-20-26(34)27(25-19-13-12-18-24(25)23-16-10-6-11-17-23)31(30(2,38-31)28(32)35)33-29(36)37-21-22-14-8-5-9-15-22/h5-6,8-19H,3-4,7,20-21H2,1-2H3,(H2,32,35)(H,33,36)/t30-,31+/m1/s1. The summed E-state index contributed by atoms with van der Waals surface area (Å²) >= 11 is 0. The van der Waals surface area contributed by atoms with Gasteiger partial charge in [-0.1, -0.05) is 105 Å². The smallest absolute Gasteiger partial charge is 0.409 e. The van der Waals surface area contributed by atoms with Crippen molar-refractivity contribution in [2.45, 2.75) is 57.5 Å². The molecule has 1 aliphatic heterocycles. The molecule has 3 aromatic rings. The number of Topliss-reactive ketones (excluding diaryl/α,β-unsaturated/α-hetero) is 1. The number of carbonyl (C=O) groups is 3. The van der Waals surface area contributed by atoms with Crippen LogP contribution >= 0.6 is 0 Å². The normalized spacial score (nSPS) is 20.1. The number of hydrogen-bond acceptors (Lipinski definition) is 5. The van der Waals surface area contributed by atoms with Crippen LogP contribution in [-0.4, -0.2) is 29.1 Å². The van der Waals surface area contributed by atoms with Crippen molar-refractivity contribution in [3.8, 4) is 11.1 Å². The Morgan fingerprint density at radius 3 is 2.16 bits per heavy atom. The van der Waals surface area contributed by atoms with E-state index in [1.165, 1.54) is 6.92 Å². The van der Waals surface area contributed by atoms with E-state index in [9.17, 15) is 14.4 Å². The zero-order valence-electron chi connectivity index (χ0n) is 21.7. The zero-order valence-corrected chi connectivity index (χ0v) is 21.7. The molecule has 1 aliphatic rings. The van der Waals surface area contributed by atoms with Crippen LogP contribution in [0.2, 0.25) is 0 Å². The fraction of sp³-hybridized carbons (Fsp3) is 0.290. The Balaban J connectivity index is 1.74. The number of alkyl carbamates (subject to hydrolysis) is 1. The first-order chi connectivity index (χ1) is 18.3. The molecule has 0 spiro atoms. The Kier molecular flexibility index (Phi) is 8.27. The van der Waals surface area contributed by atoms with Crippen molar-refractivity contribution >= 4 is 17.8 Å². The van der Waals surface area contributed by atoms with Gasteiger partial charge in [0.05, 0.1) is 0 Å². The number of rotatable bonds is 12. The number of benzene rings is 3. The summed E-state index contributed by atoms with van der Waals surface area (Å²) in [4.78, 5) is 39.6. The number of nitrogens with one attached hydrogen (secondary N) is 1. The second kappa shape index (κ2) is 11.6. The lowest BCUT2D eigenvalue weighted by molar-refractivity contribution is -0.122. The van der Waals surface area contributed by atoms with Crippen molar-refractivity contribution in [3.63, 3.8) is 0 Å². The fourth-order valence-electron chi connectivity index (χ4n) is 4.67. The van der Waals surface area contributed by atoms with E-state index in [4.69, 9.17) is 15.2 Å². The molecule has 0 unspecified atom stereocenters. The molecule has 1 radical (unpaired) electrons. The maximum atomic E-state index is 13.9. The third kappa shape index (κ3) is 5.48. The first-order valence-corrected chi connectivity index (χ1v) is 12.9. The lowest BCUT2D eigenvalue weighted by Gasteiger charge is -2.27. The number of ketones is 1. The molecular formula is C31H33N2O5. The predicted octanol–water partition coefficient (Wildman–Crippen LogP) is 5.32. The highest BCUT2D eigenvalue weighted by molar-refractivity contribution is 6.04. The number of primary amides is 1. The molecule has 4 rings (SSSR count). The van der Waals surface area contributed by atoms with Gasteiger partial charge >= 0.3 is 6.09 Å². The third-order valence-corrected chi connectivity index (χ3v) is 6.87. The maximum absolute atomic E-state index is 13.9. The van der Waals surface area contributed by atoms with Crippen LogP contribution in [0.5, 0.6) is 0 Å². The van der Waals surface area contributed by atoms with Gasteiger partial charge in [-0.05, 0) is 35.6 Å². The average Bonchev–Trinajstić information content (AvgIpc) is 3.54. The summed E-state index contributed by atoms with van der Waals surface area (Å²) < 4.78 is 11.4. The molecule has 1 fully saturated rings. The quantitative estimate of drug-likeness (QED) is 0.251. The minimum Gasteiger partial charge on any atom is -0.445 e. The second-order valence-corrected chi connectivity index (χ2v) is 9.53. The van der Waals surface area contributed by atoms with Crippen LogP contribution in [-0.2, 0) is 25.7 Å². The van der Waals surface area contributed by atoms with Crippen molar-refractivity contribution in [1.29, 1.82) is 0 Å². The molecule has 197 valence electrons. The number of ether oxygens (including phenoxy) is 2. The summed E-state index contributed by atoms with van der Waals surface area (Å²) in [6.45, 7) is 3.55. The molecular weight excluding hydrogens is 480 g/mol. The number of amides is 2. The van der Waals surface area contributed by atoms with Gasteiger partial charge in [-0.25, -0.2) is 4.79 Å². The van der Waals surface area contributed by atoms with E-state index in [0.29, 0.717) is 12.0 Å². The zero-order chi connectivity index (χ0) is 27.2. The van der Waals surface area contributed by atoms with Crippen molar-refractivity contribution in [3.05, 3.63) is 102 Å². The monoisotopic (exact) mass is 513 g/mol. The number of unbranched alkanes of at least 4 members (excludes halogenated alkanes) is 2. The van der Waals surface area contributed by atoms with Crippen LogP contribution in [0.15, 0.2) is 84.9 Å². The van der Waals surface area contributed by atoms with Crippen LogP contribution in [0, 0.1) is 5.92 Å². The first kappa shape index (κ1) is 27.1. The van der Waals surface area contributed by atoms with Crippen molar-refractivity contribution < 1.29 is 23.9 Å². The van der Waals surface area contributed by atoms with Gasteiger partial charge in [0.1, 0.15) is 18.3 Å². The van der Waals surface area contributed by atoms with Gasteiger partial charge < -0.3 is 15.2 Å². The van der Waals surface area contributed by atoms with Crippen LogP contribution in [0.25, 0.3) is 11.1 Å². The number of nitrogens with two attached hydrogens (primary N) is 1. The highest BCUT2D eigenvalue weighted by atomic mass is 16.7. The minimum absolute atomic E-state index is 0.0103. The maximum Gasteiger partial charge on any atom is 0.409 e. The van der Waals surface area contributed by atoms with Crippen molar-refractivity contribution in [1.82, 2.24) is 5.32 Å². The highest BCUT2D eigenvalue weighted by Gasteiger charge is 2.77. The minimum atomic E-state index is -1.78. The lowest BCUT2D eigenvalue weighted by Crippen LogP contribution is -2.53. The molecule has 1 saturated heterocycles. The SMILES string of the molecule is CCCCCC(=O)[C](c1ccccc1-c1ccccc1)[C@]1(NC(=O)OCc2ccccc2)O[C@]1(C)C(N)=O. The molecule has 0 aromatic heterocycles. The van der Waals surface area contributed by atoms with Crippen LogP contribution in [0.1, 0.15) is 50.7 Å². The molecule has 1 heterocycles. The van der Waals surface area contributed by atoms with Crippen LogP contribution < -0.4 is 11.1 Å². The summed E-state index contributed by atoms with van der Waals surface area (Å²) in [5.41, 5.74) is 5.34. The summed E-state index contributed by atoms with van der Waals surface area (Å²) in [5, 5.41) is 2.72. The Morgan fingerprint density at radius 2 is 1.53 bits per heavy atom. The van der Waals surface area contributed by atoms with Crippen molar-refractivity contribution in [2.75, 3.05) is 0 Å². The van der Waals surface area contributed by atoms with E-state index in [-0.39, 0.29) is 24.7 Å². The average molecular weight is 514 g/mol. The van der Waals surface area contributed by atoms with E-state index in [2.05, 4.69) is 12.2 Å². The van der Waals surface area contributed by atoms with E-state index < -0.39 is 23.3 Å². The molecule has 3 aromatic carbocycles. The van der Waals surface area contributed by atoms with Crippen LogP contribution in [0.3, 0.4) is 0 Å². The Morgan fingerprint density at radius 1 is 0.895 bits per heavy atom. The van der Waals surface area contributed by atoms with E-state index in [0.717, 1.165) is 29.5 Å². The second-order valence-electron chi connectivity index (χ2n) is 9.53. The summed E-state index contributed by atoms with van der Waals surface area (Å²) in [6.07, 6.45) is 1.87. The number of epoxide rings is 1. The summed E-state index contributed by atoms with van der Waals surface area (Å²) in [5.74, 6) is -0.835. The Bertz CT molecular complexity index is 1280. The molecule has 3 N–H and O–H groups in total. The third-order valence-electron chi connectivity index (χ3n) is 6.87. The summed E-state index contributed by atoms with van der Waals surface area (Å²) in [7, 11) is 0. The van der Waals surface area contributed by atoms with Gasteiger partial charge in [-0.15, -0.1) is 0 Å². The largest absolute Gasteiger partial charge is 0.445 e. The molecule has 7 heteroatoms.